The van der Waals surface area contributed by atoms with Crippen LogP contribution in [0.5, 0.6) is 0 Å². The van der Waals surface area contributed by atoms with Gasteiger partial charge < -0.3 is 10.0 Å². The van der Waals surface area contributed by atoms with Crippen LogP contribution in [-0.2, 0) is 4.79 Å². The van der Waals surface area contributed by atoms with Crippen LogP contribution in [0.4, 0.5) is 11.4 Å². The maximum absolute atomic E-state index is 10.9. The lowest BCUT2D eigenvalue weighted by molar-refractivity contribution is -0.384. The van der Waals surface area contributed by atoms with Crippen LogP contribution >= 0.6 is 0 Å². The molecule has 6 nitrogen and oxygen atoms in total. The second-order valence-electron chi connectivity index (χ2n) is 4.41. The van der Waals surface area contributed by atoms with Crippen molar-refractivity contribution in [3.8, 4) is 0 Å². The molecular formula is C15H18N2O4. The van der Waals surface area contributed by atoms with E-state index >= 15 is 0 Å². The first-order chi connectivity index (χ1) is 9.99. The summed E-state index contributed by atoms with van der Waals surface area (Å²) in [4.78, 5) is 23.0. The van der Waals surface area contributed by atoms with Gasteiger partial charge in [0.05, 0.1) is 4.92 Å². The third kappa shape index (κ3) is 4.76. The molecule has 0 saturated carbocycles. The van der Waals surface area contributed by atoms with E-state index in [2.05, 4.69) is 6.58 Å². The Labute approximate surface area is 123 Å². The van der Waals surface area contributed by atoms with Gasteiger partial charge in [0.25, 0.3) is 5.69 Å². The number of benzene rings is 1. The minimum Gasteiger partial charge on any atom is -0.478 e. The third-order valence-electron chi connectivity index (χ3n) is 2.81. The number of rotatable bonds is 8. The van der Waals surface area contributed by atoms with Gasteiger partial charge in [0.15, 0.2) is 0 Å². The van der Waals surface area contributed by atoms with Crippen molar-refractivity contribution >= 4 is 23.4 Å². The van der Waals surface area contributed by atoms with E-state index in [9.17, 15) is 14.9 Å². The number of nitrogens with zero attached hydrogens (tertiary/aromatic N) is 2. The number of carboxylic acid groups (broad SMARTS) is 1. The Balaban J connectivity index is 3.30. The van der Waals surface area contributed by atoms with E-state index in [1.807, 2.05) is 11.8 Å². The number of nitro groups is 1. The molecule has 0 aliphatic heterocycles. The SMILES string of the molecule is C=CCN(CCC)c1ccc([N+](=O)[O-])cc1/C=C/C(=O)O. The topological polar surface area (TPSA) is 83.7 Å². The first-order valence-electron chi connectivity index (χ1n) is 6.54. The molecule has 0 spiro atoms. The molecule has 6 heteroatoms. The smallest absolute Gasteiger partial charge is 0.328 e. The van der Waals surface area contributed by atoms with E-state index in [-0.39, 0.29) is 5.69 Å². The highest BCUT2D eigenvalue weighted by molar-refractivity contribution is 5.87. The summed E-state index contributed by atoms with van der Waals surface area (Å²) in [6.07, 6.45) is 4.98. The molecule has 0 atom stereocenters. The summed E-state index contributed by atoms with van der Waals surface area (Å²) in [6.45, 7) is 7.05. The van der Waals surface area contributed by atoms with Crippen molar-refractivity contribution in [1.29, 1.82) is 0 Å². The van der Waals surface area contributed by atoms with E-state index in [4.69, 9.17) is 5.11 Å². The Morgan fingerprint density at radius 3 is 2.76 bits per heavy atom. The molecular weight excluding hydrogens is 272 g/mol. The summed E-state index contributed by atoms with van der Waals surface area (Å²) >= 11 is 0. The number of anilines is 1. The standard InChI is InChI=1S/C15H18N2O4/c1-3-9-16(10-4-2)14-7-6-13(17(20)21)11-12(14)5-8-15(18)19/h3,5-8,11H,1,4,9-10H2,2H3,(H,18,19)/b8-5+. The summed E-state index contributed by atoms with van der Waals surface area (Å²) in [5.41, 5.74) is 1.18. The molecule has 1 aromatic carbocycles. The predicted octanol–water partition coefficient (Wildman–Crippen LogP) is 3.10. The number of nitro benzene ring substituents is 1. The van der Waals surface area contributed by atoms with Gasteiger partial charge in [0.2, 0.25) is 0 Å². The molecule has 0 heterocycles. The van der Waals surface area contributed by atoms with E-state index in [0.29, 0.717) is 12.1 Å². The molecule has 1 rings (SSSR count). The van der Waals surface area contributed by atoms with Gasteiger partial charge in [-0.2, -0.15) is 0 Å². The second-order valence-corrected chi connectivity index (χ2v) is 4.41. The zero-order valence-corrected chi connectivity index (χ0v) is 11.9. The highest BCUT2D eigenvalue weighted by Gasteiger charge is 2.13. The van der Waals surface area contributed by atoms with Gasteiger partial charge in [0.1, 0.15) is 0 Å². The number of aliphatic carboxylic acids is 1. The zero-order chi connectivity index (χ0) is 15.8. The van der Waals surface area contributed by atoms with Crippen LogP contribution in [0.2, 0.25) is 0 Å². The first kappa shape index (κ1) is 16.4. The fraction of sp³-hybridized carbons (Fsp3) is 0.267. The van der Waals surface area contributed by atoms with Crippen LogP contribution in [-0.4, -0.2) is 29.1 Å². The minimum atomic E-state index is -1.10. The Morgan fingerprint density at radius 2 is 2.24 bits per heavy atom. The number of carboxylic acids is 1. The van der Waals surface area contributed by atoms with Crippen molar-refractivity contribution in [2.24, 2.45) is 0 Å². The highest BCUT2D eigenvalue weighted by Crippen LogP contribution is 2.27. The van der Waals surface area contributed by atoms with E-state index in [1.165, 1.54) is 18.2 Å². The molecule has 0 amide bonds. The fourth-order valence-corrected chi connectivity index (χ4v) is 1.97. The number of hydrogen-bond acceptors (Lipinski definition) is 4. The summed E-state index contributed by atoms with van der Waals surface area (Å²) in [5, 5.41) is 19.6. The van der Waals surface area contributed by atoms with Crippen molar-refractivity contribution < 1.29 is 14.8 Å². The second kappa shape index (κ2) is 7.84. The normalized spacial score (nSPS) is 10.5. The average molecular weight is 290 g/mol. The van der Waals surface area contributed by atoms with E-state index in [1.54, 1.807) is 12.1 Å². The molecule has 112 valence electrons. The maximum Gasteiger partial charge on any atom is 0.328 e. The summed E-state index contributed by atoms with van der Waals surface area (Å²) < 4.78 is 0. The summed E-state index contributed by atoms with van der Waals surface area (Å²) in [6, 6.07) is 4.43. The van der Waals surface area contributed by atoms with Crippen molar-refractivity contribution in [3.05, 3.63) is 52.6 Å². The van der Waals surface area contributed by atoms with Crippen LogP contribution in [0.15, 0.2) is 36.9 Å². The van der Waals surface area contributed by atoms with Crippen LogP contribution in [0, 0.1) is 10.1 Å². The van der Waals surface area contributed by atoms with Gasteiger partial charge in [-0.05, 0) is 18.6 Å². The van der Waals surface area contributed by atoms with Crippen LogP contribution in [0.1, 0.15) is 18.9 Å². The Kier molecular flexibility index (Phi) is 6.13. The molecule has 0 aromatic heterocycles. The zero-order valence-electron chi connectivity index (χ0n) is 11.9. The number of hydrogen-bond donors (Lipinski definition) is 1. The fourth-order valence-electron chi connectivity index (χ4n) is 1.97. The lowest BCUT2D eigenvalue weighted by Crippen LogP contribution is -2.24. The van der Waals surface area contributed by atoms with Crippen molar-refractivity contribution in [2.75, 3.05) is 18.0 Å². The van der Waals surface area contributed by atoms with E-state index < -0.39 is 10.9 Å². The average Bonchev–Trinajstić information content (AvgIpc) is 2.44. The molecule has 0 aliphatic rings. The Bertz CT molecular complexity index is 567. The van der Waals surface area contributed by atoms with E-state index in [0.717, 1.165) is 24.7 Å². The molecule has 21 heavy (non-hydrogen) atoms. The molecule has 1 N–H and O–H groups in total. The molecule has 0 bridgehead atoms. The lowest BCUT2D eigenvalue weighted by Gasteiger charge is -2.24. The van der Waals surface area contributed by atoms with Crippen molar-refractivity contribution in [1.82, 2.24) is 0 Å². The summed E-state index contributed by atoms with van der Waals surface area (Å²) in [7, 11) is 0. The third-order valence-corrected chi connectivity index (χ3v) is 2.81. The van der Waals surface area contributed by atoms with Gasteiger partial charge in [-0.1, -0.05) is 13.0 Å². The Hall–Kier alpha value is -2.63. The van der Waals surface area contributed by atoms with Gasteiger partial charge >= 0.3 is 5.97 Å². The summed E-state index contributed by atoms with van der Waals surface area (Å²) in [5.74, 6) is -1.10. The van der Waals surface area contributed by atoms with Gasteiger partial charge in [0, 0.05) is 42.5 Å². The predicted molar refractivity (Wildman–Crippen MR) is 82.5 cm³/mol. The first-order valence-corrected chi connectivity index (χ1v) is 6.54. The minimum absolute atomic E-state index is 0.0705. The van der Waals surface area contributed by atoms with Crippen molar-refractivity contribution in [3.63, 3.8) is 0 Å². The molecule has 0 fully saturated rings. The maximum atomic E-state index is 10.9. The molecule has 0 radical (unpaired) electrons. The monoisotopic (exact) mass is 290 g/mol. The van der Waals surface area contributed by atoms with Gasteiger partial charge in [-0.3, -0.25) is 10.1 Å². The molecule has 0 unspecified atom stereocenters. The lowest BCUT2D eigenvalue weighted by atomic mass is 10.1. The van der Waals surface area contributed by atoms with Crippen molar-refractivity contribution in [2.45, 2.75) is 13.3 Å². The number of carbonyl (C=O) groups is 1. The molecule has 0 aliphatic carbocycles. The largest absolute Gasteiger partial charge is 0.478 e. The number of non-ortho nitro benzene ring substituents is 1. The highest BCUT2D eigenvalue weighted by atomic mass is 16.6. The van der Waals surface area contributed by atoms with Gasteiger partial charge in [-0.15, -0.1) is 6.58 Å². The molecule has 1 aromatic rings. The molecule has 0 saturated heterocycles. The quantitative estimate of drug-likeness (QED) is 0.344. The van der Waals surface area contributed by atoms with Crippen LogP contribution in [0.3, 0.4) is 0 Å². The van der Waals surface area contributed by atoms with Crippen LogP contribution < -0.4 is 4.90 Å². The Morgan fingerprint density at radius 1 is 1.52 bits per heavy atom. The van der Waals surface area contributed by atoms with Gasteiger partial charge in [-0.25, -0.2) is 4.79 Å². The van der Waals surface area contributed by atoms with Crippen LogP contribution in [0.25, 0.3) is 6.08 Å².